The van der Waals surface area contributed by atoms with Crippen molar-refractivity contribution in [3.8, 4) is 0 Å². The van der Waals surface area contributed by atoms with E-state index in [9.17, 15) is 0 Å². The number of nitrogens with one attached hydrogen (secondary N) is 1. The van der Waals surface area contributed by atoms with Crippen molar-refractivity contribution in [3.05, 3.63) is 0 Å². The summed E-state index contributed by atoms with van der Waals surface area (Å²) in [6, 6.07) is 0.437. The van der Waals surface area contributed by atoms with E-state index >= 15 is 0 Å². The molecule has 0 aromatic heterocycles. The lowest BCUT2D eigenvalue weighted by molar-refractivity contribution is -0.162. The van der Waals surface area contributed by atoms with E-state index in [0.717, 1.165) is 45.7 Å². The lowest BCUT2D eigenvalue weighted by atomic mass is 9.99. The maximum absolute atomic E-state index is 5.84. The van der Waals surface area contributed by atoms with Gasteiger partial charge in [-0.3, -0.25) is 5.32 Å². The van der Waals surface area contributed by atoms with Gasteiger partial charge in [0.1, 0.15) is 5.72 Å². The largest absolute Gasteiger partial charge is 0.383 e. The van der Waals surface area contributed by atoms with Gasteiger partial charge in [-0.05, 0) is 6.42 Å². The van der Waals surface area contributed by atoms with Gasteiger partial charge in [-0.15, -0.1) is 0 Å². The number of ether oxygens (including phenoxy) is 3. The molecule has 82 valence electrons. The SMILES string of the molecule is COCC1CCOC2(CCOCC2)N1. The van der Waals surface area contributed by atoms with Crippen molar-refractivity contribution in [2.24, 2.45) is 0 Å². The van der Waals surface area contributed by atoms with E-state index in [1.807, 2.05) is 0 Å². The second kappa shape index (κ2) is 4.57. The van der Waals surface area contributed by atoms with Crippen LogP contribution in [0.25, 0.3) is 0 Å². The standard InChI is InChI=1S/C10H19NO3/c1-12-8-9-2-5-14-10(11-9)3-6-13-7-4-10/h9,11H,2-8H2,1H3. The monoisotopic (exact) mass is 201 g/mol. The molecule has 2 fully saturated rings. The summed E-state index contributed by atoms with van der Waals surface area (Å²) < 4.78 is 16.3. The van der Waals surface area contributed by atoms with Crippen LogP contribution in [0.4, 0.5) is 0 Å². The molecule has 1 atom stereocenters. The third kappa shape index (κ3) is 2.25. The van der Waals surface area contributed by atoms with Crippen molar-refractivity contribution in [2.75, 3.05) is 33.5 Å². The van der Waals surface area contributed by atoms with Gasteiger partial charge in [0.2, 0.25) is 0 Å². The van der Waals surface area contributed by atoms with Gasteiger partial charge in [0.15, 0.2) is 0 Å². The van der Waals surface area contributed by atoms with Crippen molar-refractivity contribution in [2.45, 2.75) is 31.0 Å². The minimum Gasteiger partial charge on any atom is -0.383 e. The maximum atomic E-state index is 5.84. The molecule has 0 aliphatic carbocycles. The Kier molecular flexibility index (Phi) is 3.38. The van der Waals surface area contributed by atoms with Crippen LogP contribution in [0.1, 0.15) is 19.3 Å². The van der Waals surface area contributed by atoms with Crippen molar-refractivity contribution in [1.29, 1.82) is 0 Å². The fourth-order valence-electron chi connectivity index (χ4n) is 2.20. The second-order valence-corrected chi connectivity index (χ2v) is 4.04. The van der Waals surface area contributed by atoms with Gasteiger partial charge >= 0.3 is 0 Å². The summed E-state index contributed by atoms with van der Waals surface area (Å²) in [6.07, 6.45) is 2.94. The fraction of sp³-hybridized carbons (Fsp3) is 1.00. The first kappa shape index (κ1) is 10.4. The van der Waals surface area contributed by atoms with Gasteiger partial charge in [-0.1, -0.05) is 0 Å². The molecule has 14 heavy (non-hydrogen) atoms. The minimum atomic E-state index is -0.125. The molecule has 0 saturated carbocycles. The Balaban J connectivity index is 1.91. The van der Waals surface area contributed by atoms with Crippen LogP contribution < -0.4 is 5.32 Å². The molecule has 1 N–H and O–H groups in total. The Morgan fingerprint density at radius 2 is 2.14 bits per heavy atom. The summed E-state index contributed by atoms with van der Waals surface area (Å²) in [4.78, 5) is 0. The lowest BCUT2D eigenvalue weighted by Crippen LogP contribution is -2.60. The van der Waals surface area contributed by atoms with E-state index in [-0.39, 0.29) is 5.72 Å². The van der Waals surface area contributed by atoms with Crippen LogP contribution in [-0.4, -0.2) is 45.3 Å². The zero-order chi connectivity index (χ0) is 9.86. The van der Waals surface area contributed by atoms with Gasteiger partial charge in [0.25, 0.3) is 0 Å². The van der Waals surface area contributed by atoms with Crippen LogP contribution in [0.2, 0.25) is 0 Å². The molecule has 0 aromatic rings. The van der Waals surface area contributed by atoms with E-state index in [4.69, 9.17) is 14.2 Å². The highest BCUT2D eigenvalue weighted by atomic mass is 16.5. The average molecular weight is 201 g/mol. The van der Waals surface area contributed by atoms with Crippen molar-refractivity contribution in [1.82, 2.24) is 5.32 Å². The van der Waals surface area contributed by atoms with Crippen LogP contribution in [0.3, 0.4) is 0 Å². The van der Waals surface area contributed by atoms with Crippen molar-refractivity contribution < 1.29 is 14.2 Å². The molecular formula is C10H19NO3. The molecule has 0 radical (unpaired) electrons. The summed E-state index contributed by atoms with van der Waals surface area (Å²) >= 11 is 0. The highest BCUT2D eigenvalue weighted by molar-refractivity contribution is 4.88. The number of hydrogen-bond acceptors (Lipinski definition) is 4. The molecule has 2 heterocycles. The van der Waals surface area contributed by atoms with Crippen LogP contribution >= 0.6 is 0 Å². The van der Waals surface area contributed by atoms with E-state index < -0.39 is 0 Å². The molecule has 0 amide bonds. The number of methoxy groups -OCH3 is 1. The topological polar surface area (TPSA) is 39.7 Å². The minimum absolute atomic E-state index is 0.125. The molecule has 2 aliphatic rings. The summed E-state index contributed by atoms with van der Waals surface area (Å²) in [6.45, 7) is 3.20. The third-order valence-corrected chi connectivity index (χ3v) is 2.98. The Bertz CT molecular complexity index is 173. The third-order valence-electron chi connectivity index (χ3n) is 2.98. The zero-order valence-electron chi connectivity index (χ0n) is 8.75. The lowest BCUT2D eigenvalue weighted by Gasteiger charge is -2.44. The average Bonchev–Trinajstić information content (AvgIpc) is 2.19. The normalized spacial score (nSPS) is 31.9. The molecule has 1 spiro atoms. The molecule has 2 aliphatic heterocycles. The summed E-state index contributed by atoms with van der Waals surface area (Å²) in [5, 5.41) is 3.54. The molecule has 4 heteroatoms. The maximum Gasteiger partial charge on any atom is 0.123 e. The first-order valence-electron chi connectivity index (χ1n) is 5.33. The molecule has 4 nitrogen and oxygen atoms in total. The summed E-state index contributed by atoms with van der Waals surface area (Å²) in [5.41, 5.74) is -0.125. The van der Waals surface area contributed by atoms with Gasteiger partial charge in [-0.25, -0.2) is 0 Å². The first-order chi connectivity index (χ1) is 6.85. The predicted molar refractivity (Wildman–Crippen MR) is 52.2 cm³/mol. The predicted octanol–water partition coefficient (Wildman–Crippen LogP) is 0.518. The quantitative estimate of drug-likeness (QED) is 0.707. The molecule has 2 rings (SSSR count). The molecule has 0 aromatic carbocycles. The molecule has 1 unspecified atom stereocenters. The van der Waals surface area contributed by atoms with Gasteiger partial charge < -0.3 is 14.2 Å². The summed E-state index contributed by atoms with van der Waals surface area (Å²) in [7, 11) is 1.74. The first-order valence-corrected chi connectivity index (χ1v) is 5.33. The Morgan fingerprint density at radius 3 is 2.86 bits per heavy atom. The number of hydrogen-bond donors (Lipinski definition) is 1. The molecule has 0 bridgehead atoms. The number of rotatable bonds is 2. The van der Waals surface area contributed by atoms with Crippen molar-refractivity contribution in [3.63, 3.8) is 0 Å². The van der Waals surface area contributed by atoms with Crippen LogP contribution in [0, 0.1) is 0 Å². The van der Waals surface area contributed by atoms with Gasteiger partial charge in [0.05, 0.1) is 26.4 Å². The van der Waals surface area contributed by atoms with Crippen LogP contribution in [0.5, 0.6) is 0 Å². The highest BCUT2D eigenvalue weighted by Gasteiger charge is 2.38. The van der Waals surface area contributed by atoms with E-state index in [2.05, 4.69) is 5.32 Å². The Hall–Kier alpha value is -0.160. The smallest absolute Gasteiger partial charge is 0.123 e. The van der Waals surface area contributed by atoms with E-state index in [1.165, 1.54) is 0 Å². The molecular weight excluding hydrogens is 182 g/mol. The van der Waals surface area contributed by atoms with E-state index in [1.54, 1.807) is 7.11 Å². The Morgan fingerprint density at radius 1 is 1.36 bits per heavy atom. The zero-order valence-corrected chi connectivity index (χ0v) is 8.75. The summed E-state index contributed by atoms with van der Waals surface area (Å²) in [5.74, 6) is 0. The van der Waals surface area contributed by atoms with Gasteiger partial charge in [0, 0.05) is 26.0 Å². The molecule has 2 saturated heterocycles. The Labute approximate surface area is 84.9 Å². The van der Waals surface area contributed by atoms with Crippen LogP contribution in [0.15, 0.2) is 0 Å². The van der Waals surface area contributed by atoms with E-state index in [0.29, 0.717) is 6.04 Å². The van der Waals surface area contributed by atoms with Crippen LogP contribution in [-0.2, 0) is 14.2 Å². The second-order valence-electron chi connectivity index (χ2n) is 4.04. The van der Waals surface area contributed by atoms with Gasteiger partial charge in [-0.2, -0.15) is 0 Å². The fourth-order valence-corrected chi connectivity index (χ4v) is 2.20. The van der Waals surface area contributed by atoms with Crippen molar-refractivity contribution >= 4 is 0 Å². The highest BCUT2D eigenvalue weighted by Crippen LogP contribution is 2.26.